The van der Waals surface area contributed by atoms with Crippen LogP contribution < -0.4 is 0 Å². The molecule has 1 saturated heterocycles. The van der Waals surface area contributed by atoms with Gasteiger partial charge < -0.3 is 0 Å². The lowest BCUT2D eigenvalue weighted by atomic mass is 10.1. The second kappa shape index (κ2) is 4.48. The zero-order valence-corrected chi connectivity index (χ0v) is 12.6. The molecule has 20 heavy (non-hydrogen) atoms. The van der Waals surface area contributed by atoms with E-state index in [9.17, 15) is 8.42 Å². The van der Waals surface area contributed by atoms with Crippen LogP contribution in [-0.2, 0) is 22.9 Å². The molecule has 5 heteroatoms. The van der Waals surface area contributed by atoms with E-state index in [0.29, 0.717) is 17.3 Å². The minimum absolute atomic E-state index is 0.475. The maximum atomic E-state index is 12.8. The van der Waals surface area contributed by atoms with Gasteiger partial charge in [-0.1, -0.05) is 24.3 Å². The molecule has 0 N–H and O–H groups in total. The SMILES string of the molecule is O=S(=O)(c1ccc2c3c(cccc13)CC2)N1CCSC1. The third-order valence-corrected chi connectivity index (χ3v) is 7.21. The van der Waals surface area contributed by atoms with Crippen molar-refractivity contribution in [3.05, 3.63) is 41.5 Å². The largest absolute Gasteiger partial charge is 0.244 e. The van der Waals surface area contributed by atoms with E-state index in [-0.39, 0.29) is 0 Å². The van der Waals surface area contributed by atoms with Crippen molar-refractivity contribution in [1.82, 2.24) is 4.31 Å². The first-order valence-corrected chi connectivity index (χ1v) is 9.39. The van der Waals surface area contributed by atoms with Crippen LogP contribution >= 0.6 is 11.8 Å². The van der Waals surface area contributed by atoms with Gasteiger partial charge in [0.2, 0.25) is 10.0 Å². The van der Waals surface area contributed by atoms with Gasteiger partial charge in [-0.15, -0.1) is 11.8 Å². The van der Waals surface area contributed by atoms with Gasteiger partial charge in [0, 0.05) is 17.7 Å². The predicted octanol–water partition coefficient (Wildman–Crippen LogP) is 2.63. The lowest BCUT2D eigenvalue weighted by molar-refractivity contribution is 0.490. The van der Waals surface area contributed by atoms with Crippen LogP contribution in [0, 0.1) is 0 Å². The second-order valence-corrected chi connectivity index (χ2v) is 8.26. The fourth-order valence-electron chi connectivity index (χ4n) is 3.17. The number of nitrogens with zero attached hydrogens (tertiary/aromatic N) is 1. The van der Waals surface area contributed by atoms with Crippen LogP contribution in [0.3, 0.4) is 0 Å². The third-order valence-electron chi connectivity index (χ3n) is 4.18. The Morgan fingerprint density at radius 1 is 1.05 bits per heavy atom. The number of thioether (sulfide) groups is 1. The van der Waals surface area contributed by atoms with Crippen molar-refractivity contribution in [2.24, 2.45) is 0 Å². The monoisotopic (exact) mass is 305 g/mol. The van der Waals surface area contributed by atoms with E-state index in [1.54, 1.807) is 22.1 Å². The summed E-state index contributed by atoms with van der Waals surface area (Å²) in [6.07, 6.45) is 2.05. The van der Waals surface area contributed by atoms with Gasteiger partial charge >= 0.3 is 0 Å². The Labute approximate surface area is 123 Å². The molecular weight excluding hydrogens is 290 g/mol. The summed E-state index contributed by atoms with van der Waals surface area (Å²) in [4.78, 5) is 0.475. The van der Waals surface area contributed by atoms with E-state index >= 15 is 0 Å². The summed E-state index contributed by atoms with van der Waals surface area (Å²) in [6.45, 7) is 0.621. The number of benzene rings is 2. The number of aryl methyl sites for hydroxylation is 2. The molecule has 1 aliphatic heterocycles. The number of hydrogen-bond donors (Lipinski definition) is 0. The van der Waals surface area contributed by atoms with Crippen molar-refractivity contribution >= 4 is 32.6 Å². The standard InChI is InChI=1S/C15H15NO2S2/c17-20(18,16-8-9-19-10-16)14-7-6-12-5-4-11-2-1-3-13(14)15(11)12/h1-3,6-7H,4-5,8-10H2. The molecule has 0 saturated carbocycles. The molecule has 1 fully saturated rings. The van der Waals surface area contributed by atoms with Crippen molar-refractivity contribution in [3.63, 3.8) is 0 Å². The lowest BCUT2D eigenvalue weighted by Crippen LogP contribution is -2.28. The fourth-order valence-corrected chi connectivity index (χ4v) is 6.17. The molecule has 0 unspecified atom stereocenters. The maximum Gasteiger partial charge on any atom is 0.244 e. The lowest BCUT2D eigenvalue weighted by Gasteiger charge is -2.17. The summed E-state index contributed by atoms with van der Waals surface area (Å²) in [6, 6.07) is 9.83. The molecule has 1 aliphatic carbocycles. The van der Waals surface area contributed by atoms with Crippen LogP contribution in [0.5, 0.6) is 0 Å². The maximum absolute atomic E-state index is 12.8. The van der Waals surface area contributed by atoms with Crippen LogP contribution in [0.2, 0.25) is 0 Å². The molecule has 0 radical (unpaired) electrons. The summed E-state index contributed by atoms with van der Waals surface area (Å²) in [5.41, 5.74) is 2.57. The predicted molar refractivity (Wildman–Crippen MR) is 82.6 cm³/mol. The van der Waals surface area contributed by atoms with E-state index in [1.807, 2.05) is 18.2 Å². The molecule has 0 amide bonds. The van der Waals surface area contributed by atoms with Crippen molar-refractivity contribution in [3.8, 4) is 0 Å². The highest BCUT2D eigenvalue weighted by Gasteiger charge is 2.30. The first-order chi connectivity index (χ1) is 9.68. The number of rotatable bonds is 2. The Morgan fingerprint density at radius 2 is 1.85 bits per heavy atom. The molecule has 2 aromatic carbocycles. The molecule has 0 atom stereocenters. The summed E-state index contributed by atoms with van der Waals surface area (Å²) in [7, 11) is -3.36. The van der Waals surface area contributed by atoms with Crippen LogP contribution in [0.25, 0.3) is 10.8 Å². The van der Waals surface area contributed by atoms with E-state index in [2.05, 4.69) is 6.07 Å². The first-order valence-electron chi connectivity index (χ1n) is 6.79. The van der Waals surface area contributed by atoms with Crippen LogP contribution in [0.15, 0.2) is 35.2 Å². The van der Waals surface area contributed by atoms with Crippen LogP contribution in [0.4, 0.5) is 0 Å². The molecule has 2 aliphatic rings. The van der Waals surface area contributed by atoms with E-state index in [1.165, 1.54) is 16.5 Å². The Hall–Kier alpha value is -1.04. The smallest absolute Gasteiger partial charge is 0.207 e. The molecule has 0 bridgehead atoms. The van der Waals surface area contributed by atoms with Crippen LogP contribution in [-0.4, -0.2) is 30.9 Å². The van der Waals surface area contributed by atoms with Gasteiger partial charge in [0.1, 0.15) is 0 Å². The summed E-state index contributed by atoms with van der Waals surface area (Å²) >= 11 is 1.67. The molecule has 3 nitrogen and oxygen atoms in total. The van der Waals surface area contributed by atoms with Gasteiger partial charge in [-0.2, -0.15) is 4.31 Å². The minimum Gasteiger partial charge on any atom is -0.207 e. The van der Waals surface area contributed by atoms with Gasteiger partial charge in [0.25, 0.3) is 0 Å². The molecule has 1 heterocycles. The third kappa shape index (κ3) is 1.73. The minimum atomic E-state index is -3.36. The topological polar surface area (TPSA) is 37.4 Å². The first kappa shape index (κ1) is 12.7. The Kier molecular flexibility index (Phi) is 2.84. The number of sulfonamides is 1. The highest BCUT2D eigenvalue weighted by atomic mass is 32.2. The summed E-state index contributed by atoms with van der Waals surface area (Å²) < 4.78 is 27.2. The summed E-state index contributed by atoms with van der Waals surface area (Å²) in [5, 5.41) is 2.06. The highest BCUT2D eigenvalue weighted by Crippen LogP contribution is 2.36. The number of hydrogen-bond acceptors (Lipinski definition) is 3. The van der Waals surface area contributed by atoms with Gasteiger partial charge in [-0.25, -0.2) is 8.42 Å². The van der Waals surface area contributed by atoms with Gasteiger partial charge in [0.15, 0.2) is 0 Å². The summed E-state index contributed by atoms with van der Waals surface area (Å²) in [5.74, 6) is 1.46. The molecular formula is C15H15NO2S2. The normalized spacial score (nSPS) is 19.0. The van der Waals surface area contributed by atoms with Crippen molar-refractivity contribution in [2.75, 3.05) is 18.2 Å². The fraction of sp³-hybridized carbons (Fsp3) is 0.333. The molecule has 0 aromatic heterocycles. The van der Waals surface area contributed by atoms with E-state index in [0.717, 1.165) is 24.0 Å². The van der Waals surface area contributed by atoms with Crippen molar-refractivity contribution in [1.29, 1.82) is 0 Å². The van der Waals surface area contributed by atoms with E-state index < -0.39 is 10.0 Å². The Bertz CT molecular complexity index is 783. The van der Waals surface area contributed by atoms with Gasteiger partial charge in [-0.3, -0.25) is 0 Å². The van der Waals surface area contributed by atoms with Crippen LogP contribution in [0.1, 0.15) is 11.1 Å². The van der Waals surface area contributed by atoms with Gasteiger partial charge in [-0.05, 0) is 35.4 Å². The quantitative estimate of drug-likeness (QED) is 0.856. The zero-order chi connectivity index (χ0) is 13.7. The average Bonchev–Trinajstić information content (AvgIpc) is 3.10. The Morgan fingerprint density at radius 3 is 2.60 bits per heavy atom. The highest BCUT2D eigenvalue weighted by molar-refractivity contribution is 8.00. The Balaban J connectivity index is 1.98. The molecule has 0 spiro atoms. The van der Waals surface area contributed by atoms with E-state index in [4.69, 9.17) is 0 Å². The van der Waals surface area contributed by atoms with Crippen molar-refractivity contribution < 1.29 is 8.42 Å². The van der Waals surface area contributed by atoms with Crippen molar-refractivity contribution in [2.45, 2.75) is 17.7 Å². The zero-order valence-electron chi connectivity index (χ0n) is 11.0. The second-order valence-electron chi connectivity index (χ2n) is 5.28. The molecule has 2 aromatic rings. The molecule has 104 valence electrons. The average molecular weight is 305 g/mol. The van der Waals surface area contributed by atoms with Gasteiger partial charge in [0.05, 0.1) is 10.8 Å². The molecule has 4 rings (SSSR count).